The van der Waals surface area contributed by atoms with Crippen LogP contribution in [0.3, 0.4) is 0 Å². The maximum Gasteiger partial charge on any atom is 0.509 e. The van der Waals surface area contributed by atoms with E-state index < -0.39 is 29.3 Å². The SMILES string of the molecule is CC(C)(C)OC(=O)OC(C)(C)C.O=C(O)c1cccc(C(=O)O)c1. The lowest BCUT2D eigenvalue weighted by molar-refractivity contribution is -0.0468. The highest BCUT2D eigenvalue weighted by molar-refractivity contribution is 5.93. The van der Waals surface area contributed by atoms with Gasteiger partial charge in [0.05, 0.1) is 11.1 Å². The molecular formula is C17H24O7. The average molecular weight is 340 g/mol. The Hall–Kier alpha value is -2.57. The minimum absolute atomic E-state index is 0.0186. The second-order valence-corrected chi connectivity index (χ2v) is 6.87. The quantitative estimate of drug-likeness (QED) is 0.787. The fourth-order valence-electron chi connectivity index (χ4n) is 1.31. The zero-order chi connectivity index (χ0) is 19.1. The predicted molar refractivity (Wildman–Crippen MR) is 87.4 cm³/mol. The van der Waals surface area contributed by atoms with Gasteiger partial charge in [0.1, 0.15) is 11.2 Å². The molecule has 2 N–H and O–H groups in total. The number of ether oxygens (including phenoxy) is 2. The molecule has 24 heavy (non-hydrogen) atoms. The molecule has 0 fully saturated rings. The van der Waals surface area contributed by atoms with Crippen molar-refractivity contribution >= 4 is 18.1 Å². The molecule has 0 aliphatic rings. The van der Waals surface area contributed by atoms with Gasteiger partial charge in [-0.1, -0.05) is 6.07 Å². The van der Waals surface area contributed by atoms with E-state index in [2.05, 4.69) is 0 Å². The molecule has 0 aliphatic heterocycles. The van der Waals surface area contributed by atoms with Crippen LogP contribution in [0.1, 0.15) is 62.3 Å². The average Bonchev–Trinajstić information content (AvgIpc) is 2.34. The molecule has 1 rings (SSSR count). The molecule has 0 saturated heterocycles. The smallest absolute Gasteiger partial charge is 0.478 e. The molecule has 0 aromatic heterocycles. The highest BCUT2D eigenvalue weighted by Gasteiger charge is 2.22. The number of benzene rings is 1. The Morgan fingerprint density at radius 2 is 1.12 bits per heavy atom. The first kappa shape index (κ1) is 21.4. The van der Waals surface area contributed by atoms with Gasteiger partial charge in [-0.25, -0.2) is 14.4 Å². The van der Waals surface area contributed by atoms with Gasteiger partial charge in [0.2, 0.25) is 0 Å². The second-order valence-electron chi connectivity index (χ2n) is 6.87. The van der Waals surface area contributed by atoms with E-state index in [0.29, 0.717) is 0 Å². The van der Waals surface area contributed by atoms with Crippen molar-refractivity contribution in [3.63, 3.8) is 0 Å². The van der Waals surface area contributed by atoms with Gasteiger partial charge in [0.15, 0.2) is 0 Å². The highest BCUT2D eigenvalue weighted by atomic mass is 16.7. The van der Waals surface area contributed by atoms with Crippen LogP contribution in [0.4, 0.5) is 4.79 Å². The standard InChI is InChI=1S/C9H18O3.C8H6O4/c1-8(2,3)11-7(10)12-9(4,5)6;9-7(10)5-2-1-3-6(4-5)8(11)12/h1-6H3;1-4H,(H,9,10)(H,11,12). The minimum Gasteiger partial charge on any atom is -0.478 e. The van der Waals surface area contributed by atoms with Gasteiger partial charge in [0.25, 0.3) is 0 Å². The zero-order valence-electron chi connectivity index (χ0n) is 14.7. The fraction of sp³-hybridized carbons (Fsp3) is 0.471. The van der Waals surface area contributed by atoms with Crippen LogP contribution >= 0.6 is 0 Å². The van der Waals surface area contributed by atoms with Crippen LogP contribution in [-0.4, -0.2) is 39.5 Å². The Balaban J connectivity index is 0.000000441. The van der Waals surface area contributed by atoms with E-state index in [1.54, 1.807) is 41.5 Å². The molecule has 0 heterocycles. The number of rotatable bonds is 2. The lowest BCUT2D eigenvalue weighted by Gasteiger charge is -2.24. The lowest BCUT2D eigenvalue weighted by Crippen LogP contribution is -2.30. The number of carbonyl (C=O) groups excluding carboxylic acids is 1. The van der Waals surface area contributed by atoms with Crippen molar-refractivity contribution in [3.8, 4) is 0 Å². The number of carbonyl (C=O) groups is 3. The molecule has 0 aliphatic carbocycles. The molecule has 0 unspecified atom stereocenters. The van der Waals surface area contributed by atoms with Gasteiger partial charge < -0.3 is 19.7 Å². The monoisotopic (exact) mass is 340 g/mol. The summed E-state index contributed by atoms with van der Waals surface area (Å²) in [7, 11) is 0. The number of carboxylic acids is 2. The summed E-state index contributed by atoms with van der Waals surface area (Å²) in [6.07, 6.45) is -0.616. The summed E-state index contributed by atoms with van der Waals surface area (Å²) in [5.74, 6) is -2.25. The minimum atomic E-state index is -1.13. The third-order valence-corrected chi connectivity index (χ3v) is 2.14. The summed E-state index contributed by atoms with van der Waals surface area (Å²) in [4.78, 5) is 31.8. The van der Waals surface area contributed by atoms with Crippen molar-refractivity contribution in [3.05, 3.63) is 35.4 Å². The van der Waals surface area contributed by atoms with E-state index in [4.69, 9.17) is 19.7 Å². The van der Waals surface area contributed by atoms with Gasteiger partial charge in [-0.15, -0.1) is 0 Å². The molecule has 7 heteroatoms. The van der Waals surface area contributed by atoms with Crippen LogP contribution in [0.25, 0.3) is 0 Å². The molecule has 134 valence electrons. The summed E-state index contributed by atoms with van der Waals surface area (Å²) >= 11 is 0. The van der Waals surface area contributed by atoms with Gasteiger partial charge >= 0.3 is 18.1 Å². The molecule has 0 atom stereocenters. The van der Waals surface area contributed by atoms with E-state index in [9.17, 15) is 14.4 Å². The first-order chi connectivity index (χ1) is 10.7. The molecule has 0 radical (unpaired) electrons. The third kappa shape index (κ3) is 10.2. The maximum atomic E-state index is 11.0. The van der Waals surface area contributed by atoms with E-state index in [1.807, 2.05) is 0 Å². The number of carboxylic acid groups (broad SMARTS) is 2. The van der Waals surface area contributed by atoms with Crippen LogP contribution in [0.5, 0.6) is 0 Å². The first-order valence-electron chi connectivity index (χ1n) is 7.20. The normalized spacial score (nSPS) is 10.9. The Morgan fingerprint density at radius 1 is 0.792 bits per heavy atom. The first-order valence-corrected chi connectivity index (χ1v) is 7.20. The van der Waals surface area contributed by atoms with Gasteiger partial charge in [-0.3, -0.25) is 0 Å². The molecule has 0 bridgehead atoms. The Kier molecular flexibility index (Phi) is 7.44. The molecule has 1 aromatic rings. The zero-order valence-corrected chi connectivity index (χ0v) is 14.7. The highest BCUT2D eigenvalue weighted by Crippen LogP contribution is 2.13. The molecule has 0 saturated carbocycles. The van der Waals surface area contributed by atoms with Crippen molar-refractivity contribution in [1.82, 2.24) is 0 Å². The molecule has 1 aromatic carbocycles. The summed E-state index contributed by atoms with van der Waals surface area (Å²) in [5, 5.41) is 17.0. The lowest BCUT2D eigenvalue weighted by atomic mass is 10.1. The van der Waals surface area contributed by atoms with Crippen molar-refractivity contribution in [2.75, 3.05) is 0 Å². The topological polar surface area (TPSA) is 110 Å². The van der Waals surface area contributed by atoms with Gasteiger partial charge in [0, 0.05) is 0 Å². The van der Waals surface area contributed by atoms with Crippen LogP contribution in [0.2, 0.25) is 0 Å². The van der Waals surface area contributed by atoms with Crippen molar-refractivity contribution < 1.29 is 34.1 Å². The maximum absolute atomic E-state index is 11.0. The van der Waals surface area contributed by atoms with Gasteiger partial charge in [-0.05, 0) is 59.7 Å². The summed E-state index contributed by atoms with van der Waals surface area (Å²) in [6, 6.07) is 5.20. The molecule has 0 spiro atoms. The summed E-state index contributed by atoms with van der Waals surface area (Å²) in [5.41, 5.74) is -1.00. The predicted octanol–water partition coefficient (Wildman–Crippen LogP) is 3.82. The van der Waals surface area contributed by atoms with Gasteiger partial charge in [-0.2, -0.15) is 0 Å². The van der Waals surface area contributed by atoms with Crippen molar-refractivity contribution in [1.29, 1.82) is 0 Å². The molecular weight excluding hydrogens is 316 g/mol. The molecule has 7 nitrogen and oxygen atoms in total. The summed E-state index contributed by atoms with van der Waals surface area (Å²) in [6.45, 7) is 10.8. The second kappa shape index (κ2) is 8.33. The van der Waals surface area contributed by atoms with E-state index in [0.717, 1.165) is 6.07 Å². The van der Waals surface area contributed by atoms with Crippen molar-refractivity contribution in [2.45, 2.75) is 52.7 Å². The van der Waals surface area contributed by atoms with Crippen LogP contribution in [0.15, 0.2) is 24.3 Å². The van der Waals surface area contributed by atoms with Crippen molar-refractivity contribution in [2.24, 2.45) is 0 Å². The number of hydrogen-bond donors (Lipinski definition) is 2. The van der Waals surface area contributed by atoms with E-state index >= 15 is 0 Å². The Bertz CT molecular complexity index is 544. The molecule has 0 amide bonds. The number of hydrogen-bond acceptors (Lipinski definition) is 5. The number of aromatic carboxylic acids is 2. The van der Waals surface area contributed by atoms with E-state index in [1.165, 1.54) is 18.2 Å². The van der Waals surface area contributed by atoms with Crippen LogP contribution < -0.4 is 0 Å². The fourth-order valence-corrected chi connectivity index (χ4v) is 1.31. The Labute approximate surface area is 141 Å². The summed E-state index contributed by atoms with van der Waals surface area (Å²) < 4.78 is 9.91. The largest absolute Gasteiger partial charge is 0.509 e. The van der Waals surface area contributed by atoms with E-state index in [-0.39, 0.29) is 11.1 Å². The van der Waals surface area contributed by atoms with Crippen LogP contribution in [0, 0.1) is 0 Å². The van der Waals surface area contributed by atoms with Crippen LogP contribution in [-0.2, 0) is 9.47 Å². The Morgan fingerprint density at radius 3 is 1.38 bits per heavy atom. The third-order valence-electron chi connectivity index (χ3n) is 2.14.